The number of hydrogen-bond donors (Lipinski definition) is 2. The molecule has 1 aromatic heterocycles. The van der Waals surface area contributed by atoms with E-state index in [9.17, 15) is 15.0 Å². The molecule has 32 heavy (non-hydrogen) atoms. The van der Waals surface area contributed by atoms with Crippen LogP contribution in [0.4, 0.5) is 0 Å². The molecule has 0 bridgehead atoms. The van der Waals surface area contributed by atoms with Gasteiger partial charge in [0, 0.05) is 16.1 Å². The Labute approximate surface area is 192 Å². The van der Waals surface area contributed by atoms with Gasteiger partial charge < -0.3 is 14.7 Å². The molecule has 1 fully saturated rings. The topological polar surface area (TPSA) is 83.6 Å². The molecular formula is C26H29NO4S. The summed E-state index contributed by atoms with van der Waals surface area (Å²) in [6.45, 7) is 8.24. The second-order valence-corrected chi connectivity index (χ2v) is 11.3. The molecule has 0 saturated heterocycles. The van der Waals surface area contributed by atoms with E-state index in [0.29, 0.717) is 30.0 Å². The first-order chi connectivity index (χ1) is 15.1. The van der Waals surface area contributed by atoms with Crippen LogP contribution in [-0.2, 0) is 10.2 Å². The van der Waals surface area contributed by atoms with Gasteiger partial charge in [-0.1, -0.05) is 74.5 Å². The minimum absolute atomic E-state index is 0.0625. The first-order valence-electron chi connectivity index (χ1n) is 10.8. The highest BCUT2D eigenvalue weighted by molar-refractivity contribution is 8.00. The van der Waals surface area contributed by atoms with Gasteiger partial charge in [-0.3, -0.25) is 4.79 Å². The summed E-state index contributed by atoms with van der Waals surface area (Å²) in [5.74, 6) is 0.431. The third-order valence-corrected chi connectivity index (χ3v) is 7.34. The number of carbonyl (C=O) groups is 1. The maximum Gasteiger partial charge on any atom is 0.314 e. The SMILES string of the molecule is Cc1noc(-c2ccc(-c3ccc(C4(C(=O)O)CC4)cc3)cc2)c1C(O)CSC(C)(C)C. The van der Waals surface area contributed by atoms with E-state index in [1.165, 1.54) is 0 Å². The Morgan fingerprint density at radius 1 is 1.06 bits per heavy atom. The number of aliphatic hydroxyl groups is 1. The van der Waals surface area contributed by atoms with Crippen molar-refractivity contribution in [2.75, 3.05) is 5.75 Å². The molecule has 168 valence electrons. The summed E-state index contributed by atoms with van der Waals surface area (Å²) in [4.78, 5) is 11.5. The minimum Gasteiger partial charge on any atom is -0.481 e. The van der Waals surface area contributed by atoms with Gasteiger partial charge in [-0.05, 0) is 36.5 Å². The highest BCUT2D eigenvalue weighted by Gasteiger charge is 2.51. The van der Waals surface area contributed by atoms with Gasteiger partial charge in [0.2, 0.25) is 0 Å². The van der Waals surface area contributed by atoms with Crippen LogP contribution in [0.3, 0.4) is 0 Å². The lowest BCUT2D eigenvalue weighted by Crippen LogP contribution is -2.19. The number of aliphatic hydroxyl groups excluding tert-OH is 1. The third kappa shape index (κ3) is 4.48. The average molecular weight is 452 g/mol. The second kappa shape index (κ2) is 8.41. The van der Waals surface area contributed by atoms with Crippen LogP contribution in [0, 0.1) is 6.92 Å². The fourth-order valence-electron chi connectivity index (χ4n) is 3.94. The normalized spacial score (nSPS) is 16.0. The van der Waals surface area contributed by atoms with Gasteiger partial charge in [-0.25, -0.2) is 0 Å². The van der Waals surface area contributed by atoms with Crippen LogP contribution in [0.5, 0.6) is 0 Å². The molecule has 0 aliphatic heterocycles. The molecule has 5 nitrogen and oxygen atoms in total. The summed E-state index contributed by atoms with van der Waals surface area (Å²) in [6, 6.07) is 15.7. The second-order valence-electron chi connectivity index (χ2n) is 9.49. The standard InChI is InChI=1S/C26H29NO4S/c1-16-22(21(28)15-32-25(2,3)4)23(31-27-16)19-7-5-17(6-8-19)18-9-11-20(12-10-18)26(13-14-26)24(29)30/h5-12,21,28H,13-15H2,1-4H3,(H,29,30). The van der Waals surface area contributed by atoms with Crippen molar-refractivity contribution < 1.29 is 19.5 Å². The fraction of sp³-hybridized carbons (Fsp3) is 0.385. The van der Waals surface area contributed by atoms with E-state index in [1.807, 2.05) is 55.5 Å². The molecule has 1 atom stereocenters. The van der Waals surface area contributed by atoms with Gasteiger partial charge in [0.1, 0.15) is 0 Å². The van der Waals surface area contributed by atoms with E-state index in [0.717, 1.165) is 27.8 Å². The van der Waals surface area contributed by atoms with Crippen LogP contribution in [0.2, 0.25) is 0 Å². The lowest BCUT2D eigenvalue weighted by molar-refractivity contribution is -0.140. The number of carboxylic acid groups (broad SMARTS) is 1. The summed E-state index contributed by atoms with van der Waals surface area (Å²) in [7, 11) is 0. The molecule has 2 N–H and O–H groups in total. The zero-order valence-corrected chi connectivity index (χ0v) is 19.7. The Morgan fingerprint density at radius 3 is 2.09 bits per heavy atom. The predicted molar refractivity (Wildman–Crippen MR) is 128 cm³/mol. The number of carboxylic acids is 1. The van der Waals surface area contributed by atoms with Crippen LogP contribution in [0.1, 0.15) is 56.5 Å². The summed E-state index contributed by atoms with van der Waals surface area (Å²) < 4.78 is 5.65. The van der Waals surface area contributed by atoms with E-state index in [1.54, 1.807) is 11.8 Å². The Kier molecular flexibility index (Phi) is 5.94. The highest BCUT2D eigenvalue weighted by Crippen LogP contribution is 2.48. The number of thioether (sulfide) groups is 1. The summed E-state index contributed by atoms with van der Waals surface area (Å²) in [5.41, 5.74) is 4.54. The molecule has 1 aliphatic carbocycles. The predicted octanol–water partition coefficient (Wildman–Crippen LogP) is 6.00. The molecular weight excluding hydrogens is 422 g/mol. The van der Waals surface area contributed by atoms with Crippen LogP contribution in [0.25, 0.3) is 22.5 Å². The third-order valence-electron chi connectivity index (χ3n) is 5.99. The van der Waals surface area contributed by atoms with E-state index >= 15 is 0 Å². The van der Waals surface area contributed by atoms with Gasteiger partial charge in [-0.15, -0.1) is 0 Å². The van der Waals surface area contributed by atoms with E-state index in [4.69, 9.17) is 4.52 Å². The van der Waals surface area contributed by atoms with Crippen LogP contribution >= 0.6 is 11.8 Å². The first-order valence-corrected chi connectivity index (χ1v) is 11.8. The zero-order chi connectivity index (χ0) is 23.1. The minimum atomic E-state index is -0.740. The number of aryl methyl sites for hydroxylation is 1. The smallest absolute Gasteiger partial charge is 0.314 e. The zero-order valence-electron chi connectivity index (χ0n) is 18.9. The molecule has 0 radical (unpaired) electrons. The molecule has 1 aliphatic rings. The summed E-state index contributed by atoms with van der Waals surface area (Å²) in [5, 5.41) is 24.4. The quantitative estimate of drug-likeness (QED) is 0.458. The molecule has 1 unspecified atom stereocenters. The molecule has 4 rings (SSSR count). The molecule has 0 amide bonds. The Bertz CT molecular complexity index is 1110. The lowest BCUT2D eigenvalue weighted by atomic mass is 9.93. The van der Waals surface area contributed by atoms with Crippen molar-refractivity contribution in [3.63, 3.8) is 0 Å². The van der Waals surface area contributed by atoms with Crippen LogP contribution < -0.4 is 0 Å². The van der Waals surface area contributed by atoms with Crippen molar-refractivity contribution >= 4 is 17.7 Å². The summed E-state index contributed by atoms with van der Waals surface area (Å²) >= 11 is 1.70. The van der Waals surface area contributed by atoms with Crippen molar-refractivity contribution in [2.45, 2.75) is 56.8 Å². The highest BCUT2D eigenvalue weighted by atomic mass is 32.2. The maximum absolute atomic E-state index is 11.5. The lowest BCUT2D eigenvalue weighted by Gasteiger charge is -2.20. The Balaban J connectivity index is 1.54. The van der Waals surface area contributed by atoms with Crippen molar-refractivity contribution in [3.8, 4) is 22.5 Å². The Hall–Kier alpha value is -2.57. The number of benzene rings is 2. The van der Waals surface area contributed by atoms with E-state index in [-0.39, 0.29) is 4.75 Å². The number of nitrogens with zero attached hydrogens (tertiary/aromatic N) is 1. The van der Waals surface area contributed by atoms with Gasteiger partial charge in [0.15, 0.2) is 5.76 Å². The molecule has 1 saturated carbocycles. The van der Waals surface area contributed by atoms with Crippen molar-refractivity contribution in [3.05, 3.63) is 65.4 Å². The van der Waals surface area contributed by atoms with Crippen LogP contribution in [-0.4, -0.2) is 31.8 Å². The molecule has 1 heterocycles. The van der Waals surface area contributed by atoms with Gasteiger partial charge >= 0.3 is 5.97 Å². The van der Waals surface area contributed by atoms with Crippen molar-refractivity contribution in [1.29, 1.82) is 0 Å². The van der Waals surface area contributed by atoms with Crippen molar-refractivity contribution in [2.24, 2.45) is 0 Å². The number of aliphatic carboxylic acids is 1. The van der Waals surface area contributed by atoms with E-state index < -0.39 is 17.5 Å². The molecule has 0 spiro atoms. The average Bonchev–Trinajstić information content (AvgIpc) is 3.49. The Morgan fingerprint density at radius 2 is 1.59 bits per heavy atom. The largest absolute Gasteiger partial charge is 0.481 e. The van der Waals surface area contributed by atoms with Gasteiger partial charge in [-0.2, -0.15) is 11.8 Å². The fourth-order valence-corrected chi connectivity index (χ4v) is 4.76. The monoisotopic (exact) mass is 451 g/mol. The molecule has 3 aromatic rings. The number of rotatable bonds is 7. The summed E-state index contributed by atoms with van der Waals surface area (Å²) in [6.07, 6.45) is 0.752. The van der Waals surface area contributed by atoms with Gasteiger partial charge in [0.25, 0.3) is 0 Å². The van der Waals surface area contributed by atoms with Gasteiger partial charge in [0.05, 0.1) is 22.8 Å². The van der Waals surface area contributed by atoms with Crippen molar-refractivity contribution in [1.82, 2.24) is 5.16 Å². The number of hydrogen-bond acceptors (Lipinski definition) is 5. The number of aromatic nitrogens is 1. The molecule has 2 aromatic carbocycles. The maximum atomic E-state index is 11.5. The molecule has 6 heteroatoms. The van der Waals surface area contributed by atoms with E-state index in [2.05, 4.69) is 25.9 Å². The first kappa shape index (κ1) is 22.6. The van der Waals surface area contributed by atoms with Crippen LogP contribution in [0.15, 0.2) is 53.1 Å².